The number of amides is 1. The Labute approximate surface area is 173 Å². The second-order valence-electron chi connectivity index (χ2n) is 8.52. The van der Waals surface area contributed by atoms with Gasteiger partial charge in [-0.1, -0.05) is 6.07 Å². The first-order valence-electron chi connectivity index (χ1n) is 10.5. The van der Waals surface area contributed by atoms with E-state index in [0.29, 0.717) is 44.8 Å². The fourth-order valence-electron chi connectivity index (χ4n) is 4.87. The Morgan fingerprint density at radius 2 is 2.10 bits per heavy atom. The summed E-state index contributed by atoms with van der Waals surface area (Å²) in [4.78, 5) is 21.6. The summed E-state index contributed by atoms with van der Waals surface area (Å²) >= 11 is 0. The van der Waals surface area contributed by atoms with Crippen LogP contribution in [-0.4, -0.2) is 70.2 Å². The Balaban J connectivity index is 1.47. The van der Waals surface area contributed by atoms with Crippen molar-refractivity contribution in [3.05, 3.63) is 41.1 Å². The van der Waals surface area contributed by atoms with Crippen molar-refractivity contribution in [2.24, 2.45) is 0 Å². The zero-order valence-electron chi connectivity index (χ0n) is 16.7. The molecule has 160 valence electrons. The molecule has 3 aliphatic rings. The van der Waals surface area contributed by atoms with Gasteiger partial charge in [0.25, 0.3) is 11.8 Å². The van der Waals surface area contributed by atoms with Gasteiger partial charge < -0.3 is 14.7 Å². The van der Waals surface area contributed by atoms with Crippen LogP contribution in [0.1, 0.15) is 40.7 Å². The van der Waals surface area contributed by atoms with Gasteiger partial charge in [0.05, 0.1) is 24.3 Å². The largest absolute Gasteiger partial charge is 0.389 e. The Morgan fingerprint density at radius 3 is 2.87 bits per heavy atom. The molecule has 2 atom stereocenters. The Kier molecular flexibility index (Phi) is 4.95. The van der Waals surface area contributed by atoms with Gasteiger partial charge in [0.15, 0.2) is 0 Å². The number of pyridine rings is 1. The number of aromatic nitrogens is 1. The van der Waals surface area contributed by atoms with E-state index in [-0.39, 0.29) is 31.4 Å². The first kappa shape index (κ1) is 19.8. The molecule has 6 nitrogen and oxygen atoms in total. The van der Waals surface area contributed by atoms with E-state index in [9.17, 15) is 18.7 Å². The number of carbonyl (C=O) groups excluding carboxylic acids is 1. The van der Waals surface area contributed by atoms with Crippen LogP contribution < -0.4 is 0 Å². The second kappa shape index (κ2) is 7.51. The molecule has 1 amide bonds. The number of hydrogen-bond acceptors (Lipinski definition) is 5. The molecular weight excluding hydrogens is 392 g/mol. The van der Waals surface area contributed by atoms with Crippen LogP contribution in [0.4, 0.5) is 8.78 Å². The van der Waals surface area contributed by atoms with Crippen molar-refractivity contribution in [3.63, 3.8) is 0 Å². The summed E-state index contributed by atoms with van der Waals surface area (Å²) in [6.45, 7) is 2.35. The van der Waals surface area contributed by atoms with Gasteiger partial charge in [-0.25, -0.2) is 8.78 Å². The number of fused-ring (bicyclic) bond motifs is 3. The Morgan fingerprint density at radius 1 is 1.30 bits per heavy atom. The molecule has 8 heteroatoms. The van der Waals surface area contributed by atoms with Crippen molar-refractivity contribution in [1.82, 2.24) is 14.8 Å². The van der Waals surface area contributed by atoms with Crippen LogP contribution in [0, 0.1) is 0 Å². The molecule has 30 heavy (non-hydrogen) atoms. The fraction of sp³-hybridized carbons (Fsp3) is 0.545. The van der Waals surface area contributed by atoms with Crippen LogP contribution in [-0.2, 0) is 17.8 Å². The number of nitrogens with zero attached hydrogens (tertiary/aromatic N) is 3. The molecule has 2 aromatic rings. The van der Waals surface area contributed by atoms with Crippen LogP contribution in [0.3, 0.4) is 0 Å². The minimum Gasteiger partial charge on any atom is -0.389 e. The lowest BCUT2D eigenvalue weighted by Gasteiger charge is -2.34. The second-order valence-corrected chi connectivity index (χ2v) is 8.52. The molecule has 0 aliphatic carbocycles. The third-order valence-electron chi connectivity index (χ3n) is 6.58. The van der Waals surface area contributed by atoms with Gasteiger partial charge in [-0.15, -0.1) is 0 Å². The van der Waals surface area contributed by atoms with Crippen LogP contribution >= 0.6 is 0 Å². The lowest BCUT2D eigenvalue weighted by molar-refractivity contribution is -0.0571. The number of halogens is 2. The van der Waals surface area contributed by atoms with Crippen molar-refractivity contribution in [3.8, 4) is 0 Å². The summed E-state index contributed by atoms with van der Waals surface area (Å²) < 4.78 is 32.4. The maximum absolute atomic E-state index is 13.5. The predicted octanol–water partition coefficient (Wildman–Crippen LogP) is 2.57. The first-order chi connectivity index (χ1) is 14.4. The molecule has 3 aliphatic heterocycles. The number of alkyl halides is 2. The van der Waals surface area contributed by atoms with E-state index in [0.717, 1.165) is 22.0 Å². The van der Waals surface area contributed by atoms with Gasteiger partial charge in [-0.3, -0.25) is 14.7 Å². The summed E-state index contributed by atoms with van der Waals surface area (Å²) in [7, 11) is 0. The maximum Gasteiger partial charge on any atom is 0.254 e. The number of rotatable bonds is 3. The fourth-order valence-corrected chi connectivity index (χ4v) is 4.87. The number of aliphatic hydroxyl groups is 1. The number of likely N-dealkylation sites (tertiary alicyclic amines) is 1. The molecule has 1 N–H and O–H groups in total. The molecule has 0 saturated carbocycles. The normalized spacial score (nSPS) is 26.9. The van der Waals surface area contributed by atoms with E-state index in [1.807, 2.05) is 23.1 Å². The molecule has 5 rings (SSSR count). The lowest BCUT2D eigenvalue weighted by Crippen LogP contribution is -2.49. The number of carbonyl (C=O) groups is 1. The molecular formula is C22H25F2N3O3. The highest BCUT2D eigenvalue weighted by molar-refractivity contribution is 6.04. The first-order valence-corrected chi connectivity index (χ1v) is 10.5. The highest BCUT2D eigenvalue weighted by atomic mass is 19.3. The summed E-state index contributed by atoms with van der Waals surface area (Å²) in [6.07, 6.45) is 1.33. The topological polar surface area (TPSA) is 65.9 Å². The van der Waals surface area contributed by atoms with Crippen LogP contribution in [0.15, 0.2) is 24.4 Å². The van der Waals surface area contributed by atoms with Crippen LogP contribution in [0.5, 0.6) is 0 Å². The van der Waals surface area contributed by atoms with Gasteiger partial charge in [-0.2, -0.15) is 0 Å². The third kappa shape index (κ3) is 3.46. The van der Waals surface area contributed by atoms with E-state index in [4.69, 9.17) is 4.74 Å². The number of aliphatic hydroxyl groups excluding tert-OH is 1. The van der Waals surface area contributed by atoms with Crippen molar-refractivity contribution in [2.45, 2.75) is 50.4 Å². The summed E-state index contributed by atoms with van der Waals surface area (Å²) in [5, 5.41) is 11.3. The molecule has 0 spiro atoms. The third-order valence-corrected chi connectivity index (χ3v) is 6.58. The molecule has 0 bridgehead atoms. The standard InChI is InChI=1S/C22H25F2N3O3/c23-22(24)4-7-26(8-5-22)11-14-10-16-17(20-15(14)2-1-6-25-20)12-27(21(16)29)18-3-9-30-13-19(18)28/h1-2,6,10,18-19,28H,3-5,7-9,11-13H2. The van der Waals surface area contributed by atoms with Gasteiger partial charge >= 0.3 is 0 Å². The smallest absolute Gasteiger partial charge is 0.254 e. The quantitative estimate of drug-likeness (QED) is 0.832. The summed E-state index contributed by atoms with van der Waals surface area (Å²) in [6, 6.07) is 5.47. The van der Waals surface area contributed by atoms with Crippen molar-refractivity contribution >= 4 is 16.8 Å². The molecule has 2 unspecified atom stereocenters. The molecule has 2 fully saturated rings. The number of benzene rings is 1. The summed E-state index contributed by atoms with van der Waals surface area (Å²) in [5.74, 6) is -2.69. The molecule has 1 aromatic carbocycles. The van der Waals surface area contributed by atoms with E-state index < -0.39 is 12.0 Å². The van der Waals surface area contributed by atoms with E-state index in [1.54, 1.807) is 11.1 Å². The van der Waals surface area contributed by atoms with E-state index in [1.165, 1.54) is 0 Å². The van der Waals surface area contributed by atoms with Crippen LogP contribution in [0.2, 0.25) is 0 Å². The number of ether oxygens (including phenoxy) is 1. The van der Waals surface area contributed by atoms with Gasteiger partial charge in [0, 0.05) is 68.3 Å². The predicted molar refractivity (Wildman–Crippen MR) is 106 cm³/mol. The zero-order valence-corrected chi connectivity index (χ0v) is 16.7. The Bertz CT molecular complexity index is 973. The van der Waals surface area contributed by atoms with Crippen molar-refractivity contribution in [1.29, 1.82) is 0 Å². The highest BCUT2D eigenvalue weighted by Gasteiger charge is 2.39. The maximum atomic E-state index is 13.5. The number of hydrogen-bond donors (Lipinski definition) is 1. The SMILES string of the molecule is O=C1c2cc(CN3CCC(F)(F)CC3)c3cccnc3c2CN1C1CCOCC1O. The van der Waals surface area contributed by atoms with Gasteiger partial charge in [0.2, 0.25) is 0 Å². The highest BCUT2D eigenvalue weighted by Crippen LogP contribution is 2.35. The molecule has 0 radical (unpaired) electrons. The zero-order chi connectivity index (χ0) is 20.9. The average Bonchev–Trinajstić information content (AvgIpc) is 3.07. The minimum atomic E-state index is -2.58. The molecule has 1 aromatic heterocycles. The monoisotopic (exact) mass is 417 g/mol. The number of piperidine rings is 1. The van der Waals surface area contributed by atoms with Gasteiger partial charge in [0.1, 0.15) is 0 Å². The van der Waals surface area contributed by atoms with Crippen LogP contribution in [0.25, 0.3) is 10.9 Å². The molecule has 2 saturated heterocycles. The van der Waals surface area contributed by atoms with E-state index >= 15 is 0 Å². The van der Waals surface area contributed by atoms with Crippen molar-refractivity contribution in [2.75, 3.05) is 26.3 Å². The van der Waals surface area contributed by atoms with E-state index in [2.05, 4.69) is 4.98 Å². The Hall–Kier alpha value is -2.16. The lowest BCUT2D eigenvalue weighted by atomic mass is 9.98. The average molecular weight is 417 g/mol. The summed E-state index contributed by atoms with van der Waals surface area (Å²) in [5.41, 5.74) is 3.20. The van der Waals surface area contributed by atoms with Crippen molar-refractivity contribution < 1.29 is 23.4 Å². The molecule has 4 heterocycles. The minimum absolute atomic E-state index is 0.102. The van der Waals surface area contributed by atoms with Gasteiger partial charge in [-0.05, 0) is 24.1 Å².